The fourth-order valence-corrected chi connectivity index (χ4v) is 2.82. The van der Waals surface area contributed by atoms with Crippen LogP contribution in [0.3, 0.4) is 0 Å². The molecule has 0 saturated carbocycles. The third-order valence-corrected chi connectivity index (χ3v) is 3.48. The van der Waals surface area contributed by atoms with Gasteiger partial charge < -0.3 is 20.1 Å². The molecule has 3 atom stereocenters. The highest BCUT2D eigenvalue weighted by atomic mass is 16.5. The average molecular weight is 264 g/mol. The predicted molar refractivity (Wildman–Crippen MR) is 77.8 cm³/mol. The van der Waals surface area contributed by atoms with E-state index in [1.165, 1.54) is 0 Å². The SMILES string of the molecule is COc1cccc(N2CC(C)OC(C)C2)c1[C@@H](C)N. The quantitative estimate of drug-likeness (QED) is 0.910. The average Bonchev–Trinajstić information content (AvgIpc) is 2.36. The summed E-state index contributed by atoms with van der Waals surface area (Å²) in [7, 11) is 1.69. The Hall–Kier alpha value is -1.26. The molecule has 106 valence electrons. The number of methoxy groups -OCH3 is 1. The zero-order valence-corrected chi connectivity index (χ0v) is 12.2. The van der Waals surface area contributed by atoms with Crippen LogP contribution in [0.15, 0.2) is 18.2 Å². The van der Waals surface area contributed by atoms with E-state index in [0.29, 0.717) is 0 Å². The summed E-state index contributed by atoms with van der Waals surface area (Å²) in [5.74, 6) is 0.860. The Morgan fingerprint density at radius 2 is 1.95 bits per heavy atom. The summed E-state index contributed by atoms with van der Waals surface area (Å²) in [5.41, 5.74) is 8.37. The number of nitrogens with two attached hydrogens (primary N) is 1. The van der Waals surface area contributed by atoms with Crippen molar-refractivity contribution in [3.05, 3.63) is 23.8 Å². The summed E-state index contributed by atoms with van der Waals surface area (Å²) in [4.78, 5) is 2.35. The first kappa shape index (κ1) is 14.2. The molecule has 0 aromatic heterocycles. The van der Waals surface area contributed by atoms with Crippen molar-refractivity contribution >= 4 is 5.69 Å². The summed E-state index contributed by atoms with van der Waals surface area (Å²) in [6.45, 7) is 7.98. The van der Waals surface area contributed by atoms with Gasteiger partial charge in [0.25, 0.3) is 0 Å². The molecule has 0 amide bonds. The van der Waals surface area contributed by atoms with Gasteiger partial charge in [0.2, 0.25) is 0 Å². The predicted octanol–water partition coefficient (Wildman–Crippen LogP) is 2.33. The van der Waals surface area contributed by atoms with Crippen molar-refractivity contribution in [2.45, 2.75) is 39.0 Å². The second-order valence-corrected chi connectivity index (χ2v) is 5.34. The zero-order valence-electron chi connectivity index (χ0n) is 12.2. The van der Waals surface area contributed by atoms with Crippen LogP contribution in [0.4, 0.5) is 5.69 Å². The van der Waals surface area contributed by atoms with Crippen LogP contribution >= 0.6 is 0 Å². The van der Waals surface area contributed by atoms with Gasteiger partial charge in [-0.05, 0) is 32.9 Å². The van der Waals surface area contributed by atoms with Crippen LogP contribution in [0.2, 0.25) is 0 Å². The molecular formula is C15H24N2O2. The number of ether oxygens (including phenoxy) is 2. The van der Waals surface area contributed by atoms with Gasteiger partial charge in [0.1, 0.15) is 5.75 Å². The number of morpholine rings is 1. The van der Waals surface area contributed by atoms with Crippen LogP contribution in [0.1, 0.15) is 32.4 Å². The first-order chi connectivity index (χ1) is 9.02. The fraction of sp³-hybridized carbons (Fsp3) is 0.600. The van der Waals surface area contributed by atoms with E-state index in [9.17, 15) is 0 Å². The lowest BCUT2D eigenvalue weighted by Gasteiger charge is -2.38. The van der Waals surface area contributed by atoms with E-state index in [1.807, 2.05) is 19.1 Å². The van der Waals surface area contributed by atoms with Gasteiger partial charge in [-0.3, -0.25) is 0 Å². The fourth-order valence-electron chi connectivity index (χ4n) is 2.82. The summed E-state index contributed by atoms with van der Waals surface area (Å²) >= 11 is 0. The number of nitrogens with zero attached hydrogens (tertiary/aromatic N) is 1. The Labute approximate surface area is 115 Å². The first-order valence-corrected chi connectivity index (χ1v) is 6.85. The van der Waals surface area contributed by atoms with Gasteiger partial charge >= 0.3 is 0 Å². The molecule has 4 nitrogen and oxygen atoms in total. The summed E-state index contributed by atoms with van der Waals surface area (Å²) in [6, 6.07) is 6.05. The molecule has 2 N–H and O–H groups in total. The minimum Gasteiger partial charge on any atom is -0.496 e. The van der Waals surface area contributed by atoms with Crippen LogP contribution in [0.5, 0.6) is 5.75 Å². The van der Waals surface area contributed by atoms with Gasteiger partial charge in [0, 0.05) is 30.4 Å². The van der Waals surface area contributed by atoms with Crippen molar-refractivity contribution in [3.63, 3.8) is 0 Å². The minimum absolute atomic E-state index is 0.0559. The van der Waals surface area contributed by atoms with E-state index < -0.39 is 0 Å². The molecule has 2 rings (SSSR count). The zero-order chi connectivity index (χ0) is 14.0. The maximum absolute atomic E-state index is 6.13. The Bertz CT molecular complexity index is 424. The molecule has 19 heavy (non-hydrogen) atoms. The smallest absolute Gasteiger partial charge is 0.125 e. The second kappa shape index (κ2) is 5.80. The summed E-state index contributed by atoms with van der Waals surface area (Å²) in [5, 5.41) is 0. The lowest BCUT2D eigenvalue weighted by Crippen LogP contribution is -2.46. The van der Waals surface area contributed by atoms with Crippen LogP contribution in [0, 0.1) is 0 Å². The maximum atomic E-state index is 6.13. The van der Waals surface area contributed by atoms with Crippen LogP contribution < -0.4 is 15.4 Å². The minimum atomic E-state index is -0.0559. The molecule has 1 aromatic rings. The lowest BCUT2D eigenvalue weighted by atomic mass is 10.0. The van der Waals surface area contributed by atoms with Gasteiger partial charge in [-0.25, -0.2) is 0 Å². The molecule has 0 spiro atoms. The molecule has 0 bridgehead atoms. The van der Waals surface area contributed by atoms with Crippen molar-refractivity contribution in [1.29, 1.82) is 0 Å². The first-order valence-electron chi connectivity index (χ1n) is 6.85. The Morgan fingerprint density at radius 3 is 2.47 bits per heavy atom. The number of hydrogen-bond donors (Lipinski definition) is 1. The van der Waals surface area contributed by atoms with Gasteiger partial charge in [-0.2, -0.15) is 0 Å². The molecule has 1 heterocycles. The lowest BCUT2D eigenvalue weighted by molar-refractivity contribution is -0.00529. The molecule has 4 heteroatoms. The van der Waals surface area contributed by atoms with Crippen molar-refractivity contribution in [1.82, 2.24) is 0 Å². The summed E-state index contributed by atoms with van der Waals surface area (Å²) in [6.07, 6.45) is 0.465. The van der Waals surface area contributed by atoms with Crippen LogP contribution in [-0.2, 0) is 4.74 Å². The van der Waals surface area contributed by atoms with Gasteiger partial charge in [0.05, 0.1) is 19.3 Å². The molecule has 1 aliphatic rings. The molecule has 1 saturated heterocycles. The second-order valence-electron chi connectivity index (χ2n) is 5.34. The van der Waals surface area contributed by atoms with E-state index in [4.69, 9.17) is 15.2 Å². The molecule has 0 aliphatic carbocycles. The van der Waals surface area contributed by atoms with Crippen molar-refractivity contribution in [2.75, 3.05) is 25.1 Å². The third kappa shape index (κ3) is 3.01. The van der Waals surface area contributed by atoms with E-state index in [0.717, 1.165) is 30.1 Å². The molecule has 1 aliphatic heterocycles. The summed E-state index contributed by atoms with van der Waals surface area (Å²) < 4.78 is 11.2. The molecule has 1 fully saturated rings. The highest BCUT2D eigenvalue weighted by Gasteiger charge is 2.25. The monoisotopic (exact) mass is 264 g/mol. The van der Waals surface area contributed by atoms with Crippen molar-refractivity contribution in [3.8, 4) is 5.75 Å². The Morgan fingerprint density at radius 1 is 1.32 bits per heavy atom. The Kier molecular flexibility index (Phi) is 4.32. The molecule has 0 radical (unpaired) electrons. The topological polar surface area (TPSA) is 47.7 Å². The highest BCUT2D eigenvalue weighted by Crippen LogP contribution is 2.34. The van der Waals surface area contributed by atoms with Crippen molar-refractivity contribution in [2.24, 2.45) is 5.73 Å². The maximum Gasteiger partial charge on any atom is 0.125 e. The third-order valence-electron chi connectivity index (χ3n) is 3.48. The number of benzene rings is 1. The van der Waals surface area contributed by atoms with Crippen LogP contribution in [-0.4, -0.2) is 32.4 Å². The Balaban J connectivity index is 2.38. The number of anilines is 1. The normalized spacial score (nSPS) is 25.2. The number of hydrogen-bond acceptors (Lipinski definition) is 4. The highest BCUT2D eigenvalue weighted by molar-refractivity contribution is 5.61. The van der Waals surface area contributed by atoms with E-state index >= 15 is 0 Å². The number of rotatable bonds is 3. The van der Waals surface area contributed by atoms with Gasteiger partial charge in [-0.1, -0.05) is 6.07 Å². The molecule has 1 aromatic carbocycles. The molecule has 2 unspecified atom stereocenters. The van der Waals surface area contributed by atoms with E-state index in [-0.39, 0.29) is 18.2 Å². The van der Waals surface area contributed by atoms with E-state index in [1.54, 1.807) is 7.11 Å². The van der Waals surface area contributed by atoms with Gasteiger partial charge in [0.15, 0.2) is 0 Å². The van der Waals surface area contributed by atoms with E-state index in [2.05, 4.69) is 24.8 Å². The van der Waals surface area contributed by atoms with Crippen LogP contribution in [0.25, 0.3) is 0 Å². The van der Waals surface area contributed by atoms with Crippen molar-refractivity contribution < 1.29 is 9.47 Å². The van der Waals surface area contributed by atoms with Gasteiger partial charge in [-0.15, -0.1) is 0 Å². The standard InChI is InChI=1S/C15H24N2O2/c1-10-8-17(9-11(2)19-10)13-6-5-7-14(18-4)15(13)12(3)16/h5-7,10-12H,8-9,16H2,1-4H3/t10?,11?,12-/m1/s1. The molecular weight excluding hydrogens is 240 g/mol. The largest absolute Gasteiger partial charge is 0.496 e.